The van der Waals surface area contributed by atoms with Gasteiger partial charge in [-0.25, -0.2) is 4.98 Å². The Labute approximate surface area is 116 Å². The van der Waals surface area contributed by atoms with E-state index in [4.69, 9.17) is 0 Å². The second-order valence-corrected chi connectivity index (χ2v) is 4.90. The fourth-order valence-corrected chi connectivity index (χ4v) is 2.43. The highest BCUT2D eigenvalue weighted by atomic mass is 16.2. The Hall–Kier alpha value is -2.37. The maximum atomic E-state index is 12.4. The summed E-state index contributed by atoms with van der Waals surface area (Å²) in [6.07, 6.45) is 0. The highest BCUT2D eigenvalue weighted by molar-refractivity contribution is 5.94. The van der Waals surface area contributed by atoms with Gasteiger partial charge in [0.1, 0.15) is 0 Å². The van der Waals surface area contributed by atoms with Crippen LogP contribution in [0.3, 0.4) is 0 Å². The summed E-state index contributed by atoms with van der Waals surface area (Å²) >= 11 is 0. The maximum Gasteiger partial charge on any atom is 0.289 e. The van der Waals surface area contributed by atoms with Crippen LogP contribution >= 0.6 is 0 Å². The van der Waals surface area contributed by atoms with Crippen LogP contribution < -0.4 is 0 Å². The minimum atomic E-state index is -0.107. The van der Waals surface area contributed by atoms with Gasteiger partial charge in [0.15, 0.2) is 5.82 Å². The molecule has 1 aromatic heterocycles. The Kier molecular flexibility index (Phi) is 3.14. The highest BCUT2D eigenvalue weighted by Gasteiger charge is 2.24. The Bertz CT molecular complexity index is 623. The van der Waals surface area contributed by atoms with Gasteiger partial charge in [-0.2, -0.15) is 0 Å². The van der Waals surface area contributed by atoms with Crippen molar-refractivity contribution in [3.05, 3.63) is 30.1 Å². The van der Waals surface area contributed by atoms with Gasteiger partial charge in [-0.05, 0) is 12.1 Å². The molecule has 0 atom stereocenters. The van der Waals surface area contributed by atoms with Crippen molar-refractivity contribution in [2.24, 2.45) is 0 Å². The van der Waals surface area contributed by atoms with Crippen LogP contribution in [-0.2, 0) is 4.79 Å². The molecule has 0 bridgehead atoms. The molecule has 1 N–H and O–H groups in total. The predicted octanol–water partition coefficient (Wildman–Crippen LogP) is 0.867. The molecule has 1 saturated heterocycles. The number of nitrogens with zero attached hydrogens (tertiary/aromatic N) is 3. The van der Waals surface area contributed by atoms with Crippen molar-refractivity contribution in [3.8, 4) is 0 Å². The Morgan fingerprint density at radius 1 is 1.10 bits per heavy atom. The van der Waals surface area contributed by atoms with Crippen molar-refractivity contribution in [1.29, 1.82) is 0 Å². The fourth-order valence-electron chi connectivity index (χ4n) is 2.43. The number of aromatic amines is 1. The smallest absolute Gasteiger partial charge is 0.289 e. The molecule has 0 aliphatic carbocycles. The molecule has 6 nitrogen and oxygen atoms in total. The van der Waals surface area contributed by atoms with E-state index in [2.05, 4.69) is 9.97 Å². The third kappa shape index (κ3) is 2.24. The van der Waals surface area contributed by atoms with Crippen LogP contribution in [0.4, 0.5) is 0 Å². The van der Waals surface area contributed by atoms with Crippen molar-refractivity contribution >= 4 is 22.8 Å². The predicted molar refractivity (Wildman–Crippen MR) is 74.3 cm³/mol. The molecule has 0 radical (unpaired) electrons. The molecule has 3 rings (SSSR count). The minimum Gasteiger partial charge on any atom is -0.339 e. The summed E-state index contributed by atoms with van der Waals surface area (Å²) in [5.74, 6) is 0.313. The van der Waals surface area contributed by atoms with E-state index in [1.54, 1.807) is 16.7 Å². The summed E-state index contributed by atoms with van der Waals surface area (Å²) in [5.41, 5.74) is 1.65. The molecular formula is C14H16N4O2. The first-order valence-electron chi connectivity index (χ1n) is 6.64. The minimum absolute atomic E-state index is 0.0563. The molecular weight excluding hydrogens is 256 g/mol. The lowest BCUT2D eigenvalue weighted by molar-refractivity contribution is -0.130. The van der Waals surface area contributed by atoms with Crippen molar-refractivity contribution in [2.45, 2.75) is 6.92 Å². The number of rotatable bonds is 1. The van der Waals surface area contributed by atoms with Crippen molar-refractivity contribution in [2.75, 3.05) is 26.2 Å². The zero-order valence-corrected chi connectivity index (χ0v) is 11.3. The SMILES string of the molecule is CC(=O)N1CCN(C(=O)c2nc3ccccc3[nH]2)CC1. The third-order valence-electron chi connectivity index (χ3n) is 3.60. The van der Waals surface area contributed by atoms with E-state index < -0.39 is 0 Å². The molecule has 1 aliphatic rings. The van der Waals surface area contributed by atoms with Crippen LogP contribution in [0.25, 0.3) is 11.0 Å². The highest BCUT2D eigenvalue weighted by Crippen LogP contribution is 2.13. The number of amides is 2. The Balaban J connectivity index is 1.75. The molecule has 0 spiro atoms. The second-order valence-electron chi connectivity index (χ2n) is 4.90. The molecule has 20 heavy (non-hydrogen) atoms. The van der Waals surface area contributed by atoms with E-state index in [-0.39, 0.29) is 11.8 Å². The lowest BCUT2D eigenvalue weighted by Crippen LogP contribution is -2.50. The number of piperazine rings is 1. The molecule has 0 saturated carbocycles. The Morgan fingerprint density at radius 3 is 2.40 bits per heavy atom. The number of para-hydroxylation sites is 2. The topological polar surface area (TPSA) is 69.3 Å². The van der Waals surface area contributed by atoms with Crippen molar-refractivity contribution in [1.82, 2.24) is 19.8 Å². The van der Waals surface area contributed by atoms with Crippen LogP contribution in [-0.4, -0.2) is 57.8 Å². The summed E-state index contributed by atoms with van der Waals surface area (Å²) in [6, 6.07) is 7.56. The van der Waals surface area contributed by atoms with Gasteiger partial charge < -0.3 is 14.8 Å². The molecule has 2 heterocycles. The molecule has 0 unspecified atom stereocenters. The quantitative estimate of drug-likeness (QED) is 0.837. The number of carbonyl (C=O) groups excluding carboxylic acids is 2. The second kappa shape index (κ2) is 4.96. The summed E-state index contributed by atoms with van der Waals surface area (Å²) in [4.78, 5) is 34.5. The van der Waals surface area contributed by atoms with E-state index in [0.29, 0.717) is 32.0 Å². The molecule has 1 aromatic carbocycles. The number of hydrogen-bond acceptors (Lipinski definition) is 3. The lowest BCUT2D eigenvalue weighted by Gasteiger charge is -2.33. The van der Waals surface area contributed by atoms with E-state index in [0.717, 1.165) is 11.0 Å². The average molecular weight is 272 g/mol. The summed E-state index contributed by atoms with van der Waals surface area (Å²) in [5, 5.41) is 0. The van der Waals surface area contributed by atoms with Crippen molar-refractivity contribution < 1.29 is 9.59 Å². The van der Waals surface area contributed by atoms with Gasteiger partial charge in [-0.15, -0.1) is 0 Å². The van der Waals surface area contributed by atoms with Gasteiger partial charge in [0.25, 0.3) is 5.91 Å². The van der Waals surface area contributed by atoms with Crippen molar-refractivity contribution in [3.63, 3.8) is 0 Å². The van der Waals surface area contributed by atoms with Gasteiger partial charge in [-0.3, -0.25) is 9.59 Å². The van der Waals surface area contributed by atoms with E-state index in [9.17, 15) is 9.59 Å². The summed E-state index contributed by atoms with van der Waals surface area (Å²) in [7, 11) is 0. The van der Waals surface area contributed by atoms with Gasteiger partial charge in [0, 0.05) is 33.1 Å². The zero-order chi connectivity index (χ0) is 14.1. The first-order chi connectivity index (χ1) is 9.65. The number of carbonyl (C=O) groups is 2. The zero-order valence-electron chi connectivity index (χ0n) is 11.3. The summed E-state index contributed by atoms with van der Waals surface area (Å²) in [6.45, 7) is 3.82. The fraction of sp³-hybridized carbons (Fsp3) is 0.357. The average Bonchev–Trinajstić information content (AvgIpc) is 2.90. The molecule has 2 aromatic rings. The first kappa shape index (κ1) is 12.7. The van der Waals surface area contributed by atoms with Gasteiger partial charge in [0.05, 0.1) is 11.0 Å². The van der Waals surface area contributed by atoms with Gasteiger partial charge in [0.2, 0.25) is 5.91 Å². The van der Waals surface area contributed by atoms with E-state index >= 15 is 0 Å². The number of benzene rings is 1. The van der Waals surface area contributed by atoms with Crippen LogP contribution in [0.5, 0.6) is 0 Å². The first-order valence-corrected chi connectivity index (χ1v) is 6.64. The molecule has 2 amide bonds. The van der Waals surface area contributed by atoms with Crippen LogP contribution in [0.15, 0.2) is 24.3 Å². The lowest BCUT2D eigenvalue weighted by atomic mass is 10.3. The van der Waals surface area contributed by atoms with Gasteiger partial charge >= 0.3 is 0 Å². The molecule has 6 heteroatoms. The van der Waals surface area contributed by atoms with Crippen LogP contribution in [0.2, 0.25) is 0 Å². The monoisotopic (exact) mass is 272 g/mol. The van der Waals surface area contributed by atoms with Crippen LogP contribution in [0, 0.1) is 0 Å². The number of imidazole rings is 1. The van der Waals surface area contributed by atoms with E-state index in [1.165, 1.54) is 0 Å². The van der Waals surface area contributed by atoms with E-state index in [1.807, 2.05) is 24.3 Å². The number of hydrogen-bond donors (Lipinski definition) is 1. The number of nitrogens with one attached hydrogen (secondary N) is 1. The maximum absolute atomic E-state index is 12.4. The normalized spacial score (nSPS) is 15.7. The number of fused-ring (bicyclic) bond motifs is 1. The number of aromatic nitrogens is 2. The Morgan fingerprint density at radius 2 is 1.75 bits per heavy atom. The molecule has 1 fully saturated rings. The third-order valence-corrected chi connectivity index (χ3v) is 3.60. The van der Waals surface area contributed by atoms with Gasteiger partial charge in [-0.1, -0.05) is 12.1 Å². The number of H-pyrrole nitrogens is 1. The van der Waals surface area contributed by atoms with Crippen LogP contribution in [0.1, 0.15) is 17.5 Å². The largest absolute Gasteiger partial charge is 0.339 e. The summed E-state index contributed by atoms with van der Waals surface area (Å²) < 4.78 is 0. The standard InChI is InChI=1S/C14H16N4O2/c1-10(19)17-6-8-18(9-7-17)14(20)13-15-11-4-2-3-5-12(11)16-13/h2-5H,6-9H2,1H3,(H,15,16). The molecule has 1 aliphatic heterocycles. The molecule has 104 valence electrons.